The molecule has 0 aliphatic carbocycles. The van der Waals surface area contributed by atoms with Crippen molar-refractivity contribution in [3.05, 3.63) is 56.8 Å². The molecule has 10 nitrogen and oxygen atoms in total. The number of carbonyl (C=O) groups is 3. The van der Waals surface area contributed by atoms with Crippen molar-refractivity contribution in [2.75, 3.05) is 26.8 Å². The Labute approximate surface area is 181 Å². The van der Waals surface area contributed by atoms with Crippen molar-refractivity contribution in [3.63, 3.8) is 0 Å². The van der Waals surface area contributed by atoms with Gasteiger partial charge >= 0.3 is 0 Å². The molecule has 3 amide bonds. The summed E-state index contributed by atoms with van der Waals surface area (Å²) < 4.78 is 10.8. The average molecular weight is 444 g/mol. The van der Waals surface area contributed by atoms with Gasteiger partial charge in [0.15, 0.2) is 11.5 Å². The number of ether oxygens (including phenoxy) is 2. The van der Waals surface area contributed by atoms with E-state index in [1.54, 1.807) is 24.3 Å². The van der Waals surface area contributed by atoms with Crippen LogP contribution >= 0.6 is 11.8 Å². The average Bonchev–Trinajstić information content (AvgIpc) is 3.02. The molecular weight excluding hydrogens is 424 g/mol. The lowest BCUT2D eigenvalue weighted by molar-refractivity contribution is -0.122. The second-order valence-electron chi connectivity index (χ2n) is 6.24. The van der Waals surface area contributed by atoms with Crippen LogP contribution in [0.3, 0.4) is 0 Å². The Hall–Kier alpha value is -3.60. The number of methoxy groups -OCH3 is 1. The maximum absolute atomic E-state index is 12.6. The predicted octanol–water partition coefficient (Wildman–Crippen LogP) is 1.64. The molecule has 1 fully saturated rings. The monoisotopic (exact) mass is 444 g/mol. The highest BCUT2D eigenvalue weighted by Crippen LogP contribution is 2.34. The Bertz CT molecular complexity index is 1080. The van der Waals surface area contributed by atoms with Gasteiger partial charge in [-0.1, -0.05) is 6.07 Å². The molecule has 162 valence electrons. The summed E-state index contributed by atoms with van der Waals surface area (Å²) in [6, 6.07) is 7.68. The largest absolute Gasteiger partial charge is 0.493 e. The van der Waals surface area contributed by atoms with E-state index in [-0.39, 0.29) is 23.7 Å². The number of hydrogen-bond donors (Lipinski definition) is 2. The van der Waals surface area contributed by atoms with E-state index in [9.17, 15) is 19.2 Å². The molecule has 2 aromatic rings. The van der Waals surface area contributed by atoms with E-state index >= 15 is 0 Å². The fourth-order valence-electron chi connectivity index (χ4n) is 2.74. The first-order chi connectivity index (χ1) is 14.9. The summed E-state index contributed by atoms with van der Waals surface area (Å²) in [6.07, 6.45) is 1.60. The highest BCUT2D eigenvalue weighted by Gasteiger charge is 2.34. The van der Waals surface area contributed by atoms with Gasteiger partial charge in [0, 0.05) is 19.2 Å². The van der Waals surface area contributed by atoms with Crippen molar-refractivity contribution >= 4 is 34.9 Å². The standard InChI is InChI=1S/C20H20N4O6S/c1-3-30-14-6-4-12(10-15(14)29-2)11-16-19(27)24(20(28)31-16)9-8-21-18(26)13-5-7-17(25)23-22-13/h4-7,10-11H,3,8-9H2,1-2H3,(H,21,26)(H,23,25)/b16-11+. The number of aromatic nitrogens is 2. The quantitative estimate of drug-likeness (QED) is 0.588. The van der Waals surface area contributed by atoms with Crippen LogP contribution in [0.4, 0.5) is 4.79 Å². The lowest BCUT2D eigenvalue weighted by Crippen LogP contribution is -2.37. The normalized spacial score (nSPS) is 14.8. The van der Waals surface area contributed by atoms with E-state index in [4.69, 9.17) is 9.47 Å². The zero-order valence-electron chi connectivity index (χ0n) is 16.8. The molecule has 0 unspecified atom stereocenters. The van der Waals surface area contributed by atoms with Crippen LogP contribution in [-0.2, 0) is 4.79 Å². The second kappa shape index (κ2) is 9.94. The molecule has 1 aromatic heterocycles. The summed E-state index contributed by atoms with van der Waals surface area (Å²) in [4.78, 5) is 49.2. The SMILES string of the molecule is CCOc1ccc(/C=C2/SC(=O)N(CCNC(=O)c3ccc(=O)[nH]n3)C2=O)cc1OC. The van der Waals surface area contributed by atoms with Crippen LogP contribution in [0.25, 0.3) is 6.08 Å². The molecule has 0 saturated carbocycles. The van der Waals surface area contributed by atoms with E-state index in [0.717, 1.165) is 16.7 Å². The molecule has 0 radical (unpaired) electrons. The summed E-state index contributed by atoms with van der Waals surface area (Å²) in [5, 5.41) is 7.91. The van der Waals surface area contributed by atoms with Crippen molar-refractivity contribution in [2.24, 2.45) is 0 Å². The zero-order chi connectivity index (χ0) is 22.4. The Morgan fingerprint density at radius 2 is 2.03 bits per heavy atom. The molecule has 1 saturated heterocycles. The van der Waals surface area contributed by atoms with Crippen LogP contribution in [0.15, 0.2) is 40.0 Å². The van der Waals surface area contributed by atoms with Crippen LogP contribution in [0.5, 0.6) is 11.5 Å². The summed E-state index contributed by atoms with van der Waals surface area (Å²) in [5.74, 6) is 0.135. The second-order valence-corrected chi connectivity index (χ2v) is 7.23. The van der Waals surface area contributed by atoms with Gasteiger partial charge in [0.05, 0.1) is 18.6 Å². The van der Waals surface area contributed by atoms with Gasteiger partial charge in [-0.15, -0.1) is 0 Å². The Kier molecular flexibility index (Phi) is 7.08. The molecule has 0 bridgehead atoms. The summed E-state index contributed by atoms with van der Waals surface area (Å²) >= 11 is 0.823. The van der Waals surface area contributed by atoms with Gasteiger partial charge < -0.3 is 14.8 Å². The molecule has 0 atom stereocenters. The number of hydrogen-bond acceptors (Lipinski definition) is 8. The molecule has 1 aromatic carbocycles. The third kappa shape index (κ3) is 5.31. The lowest BCUT2D eigenvalue weighted by Gasteiger charge is -2.12. The van der Waals surface area contributed by atoms with Crippen LogP contribution in [0.1, 0.15) is 23.0 Å². The minimum absolute atomic E-state index is 0.00367. The summed E-state index contributed by atoms with van der Waals surface area (Å²) in [6.45, 7) is 2.40. The number of carbonyl (C=O) groups excluding carboxylic acids is 3. The van der Waals surface area contributed by atoms with Crippen molar-refractivity contribution in [2.45, 2.75) is 6.92 Å². The molecule has 1 aliphatic rings. The topological polar surface area (TPSA) is 131 Å². The van der Waals surface area contributed by atoms with Crippen molar-refractivity contribution in [1.29, 1.82) is 0 Å². The fraction of sp³-hybridized carbons (Fsp3) is 0.250. The van der Waals surface area contributed by atoms with Crippen LogP contribution in [0, 0.1) is 0 Å². The number of rotatable bonds is 8. The van der Waals surface area contributed by atoms with Crippen molar-refractivity contribution in [3.8, 4) is 11.5 Å². The first kappa shape index (κ1) is 22.1. The Balaban J connectivity index is 1.63. The molecule has 2 N–H and O–H groups in total. The zero-order valence-corrected chi connectivity index (χ0v) is 17.7. The third-order valence-corrected chi connectivity index (χ3v) is 5.10. The first-order valence-electron chi connectivity index (χ1n) is 9.33. The molecule has 11 heteroatoms. The van der Waals surface area contributed by atoms with Crippen LogP contribution in [0.2, 0.25) is 0 Å². The van der Waals surface area contributed by atoms with E-state index in [0.29, 0.717) is 23.7 Å². The molecule has 3 rings (SSSR count). The van der Waals surface area contributed by atoms with Gasteiger partial charge in [-0.3, -0.25) is 24.1 Å². The maximum atomic E-state index is 12.6. The van der Waals surface area contributed by atoms with Crippen molar-refractivity contribution < 1.29 is 23.9 Å². The molecule has 2 heterocycles. The lowest BCUT2D eigenvalue weighted by atomic mass is 10.2. The molecule has 0 spiro atoms. The number of thioether (sulfide) groups is 1. The van der Waals surface area contributed by atoms with Crippen LogP contribution in [-0.4, -0.2) is 59.0 Å². The van der Waals surface area contributed by atoms with Gasteiger partial charge in [-0.25, -0.2) is 5.10 Å². The molecular formula is C20H20N4O6S. The van der Waals surface area contributed by atoms with E-state index < -0.39 is 22.6 Å². The molecule has 1 aliphatic heterocycles. The number of benzene rings is 1. The Morgan fingerprint density at radius 1 is 1.23 bits per heavy atom. The Morgan fingerprint density at radius 3 is 2.71 bits per heavy atom. The number of nitrogens with one attached hydrogen (secondary N) is 2. The number of amides is 3. The van der Waals surface area contributed by atoms with E-state index in [2.05, 4.69) is 15.5 Å². The summed E-state index contributed by atoms with van der Waals surface area (Å²) in [5.41, 5.74) is 0.285. The first-order valence-corrected chi connectivity index (χ1v) is 10.1. The van der Waals surface area contributed by atoms with Crippen LogP contribution < -0.4 is 20.3 Å². The van der Waals surface area contributed by atoms with E-state index in [1.165, 1.54) is 19.2 Å². The van der Waals surface area contributed by atoms with Gasteiger partial charge in [0.2, 0.25) is 0 Å². The van der Waals surface area contributed by atoms with Gasteiger partial charge in [0.25, 0.3) is 22.6 Å². The maximum Gasteiger partial charge on any atom is 0.293 e. The number of H-pyrrole nitrogens is 1. The van der Waals surface area contributed by atoms with E-state index in [1.807, 2.05) is 6.92 Å². The highest BCUT2D eigenvalue weighted by molar-refractivity contribution is 8.18. The minimum atomic E-state index is -0.528. The van der Waals surface area contributed by atoms with Crippen molar-refractivity contribution in [1.82, 2.24) is 20.4 Å². The highest BCUT2D eigenvalue weighted by atomic mass is 32.2. The van der Waals surface area contributed by atoms with Gasteiger partial charge in [-0.2, -0.15) is 5.10 Å². The molecule has 31 heavy (non-hydrogen) atoms. The predicted molar refractivity (Wildman–Crippen MR) is 114 cm³/mol. The smallest absolute Gasteiger partial charge is 0.293 e. The number of aromatic amines is 1. The third-order valence-electron chi connectivity index (χ3n) is 4.19. The fourth-order valence-corrected chi connectivity index (χ4v) is 3.60. The summed E-state index contributed by atoms with van der Waals surface area (Å²) in [7, 11) is 1.52. The number of imide groups is 1. The number of nitrogens with zero attached hydrogens (tertiary/aromatic N) is 2. The van der Waals surface area contributed by atoms with Gasteiger partial charge in [-0.05, 0) is 48.5 Å². The van der Waals surface area contributed by atoms with Gasteiger partial charge in [0.1, 0.15) is 5.69 Å². The minimum Gasteiger partial charge on any atom is -0.493 e.